The van der Waals surface area contributed by atoms with Gasteiger partial charge in [-0.15, -0.1) is 0 Å². The fourth-order valence-electron chi connectivity index (χ4n) is 3.84. The van der Waals surface area contributed by atoms with Crippen LogP contribution in [0.1, 0.15) is 24.8 Å². The summed E-state index contributed by atoms with van der Waals surface area (Å²) < 4.78 is 5.37. The predicted molar refractivity (Wildman–Crippen MR) is 103 cm³/mol. The molecule has 2 aromatic heterocycles. The van der Waals surface area contributed by atoms with Crippen LogP contribution in [0.5, 0.6) is 0 Å². The number of pyridine rings is 1. The van der Waals surface area contributed by atoms with Gasteiger partial charge in [0.2, 0.25) is 5.71 Å². The molecule has 0 radical (unpaired) electrons. The van der Waals surface area contributed by atoms with E-state index in [4.69, 9.17) is 9.52 Å². The number of rotatable bonds is 4. The summed E-state index contributed by atoms with van der Waals surface area (Å²) in [5.41, 5.74) is 2.65. The first kappa shape index (κ1) is 17.3. The number of hydrogen-bond acceptors (Lipinski definition) is 5. The summed E-state index contributed by atoms with van der Waals surface area (Å²) in [6, 6.07) is 13.1. The fourth-order valence-corrected chi connectivity index (χ4v) is 3.84. The Hall–Kier alpha value is -3.15. The maximum atomic E-state index is 12.1. The normalized spacial score (nSPS) is 16.8. The van der Waals surface area contributed by atoms with Gasteiger partial charge in [-0.2, -0.15) is 4.98 Å². The predicted octanol–water partition coefficient (Wildman–Crippen LogP) is 3.61. The average Bonchev–Trinajstić information content (AvgIpc) is 3.08. The minimum atomic E-state index is -0.818. The monoisotopic (exact) mass is 364 g/mol. The molecule has 0 saturated carbocycles. The van der Waals surface area contributed by atoms with Gasteiger partial charge in [0.05, 0.1) is 6.42 Å². The first-order chi connectivity index (χ1) is 13.0. The topological polar surface area (TPSA) is 83.6 Å². The highest BCUT2D eigenvalue weighted by atomic mass is 16.4. The first-order valence-electron chi connectivity index (χ1n) is 9.02. The molecule has 1 aromatic carbocycles. The lowest BCUT2D eigenvalue weighted by Crippen LogP contribution is -2.31. The van der Waals surface area contributed by atoms with Gasteiger partial charge in [-0.1, -0.05) is 24.3 Å². The number of carboxylic acids is 1. The Morgan fingerprint density at radius 3 is 2.85 bits per heavy atom. The molecule has 1 fully saturated rings. The summed E-state index contributed by atoms with van der Waals surface area (Å²) in [5, 5.41) is 9.89. The molecule has 4 rings (SSSR count). The van der Waals surface area contributed by atoms with Gasteiger partial charge in [0.1, 0.15) is 5.82 Å². The zero-order valence-corrected chi connectivity index (χ0v) is 15.0. The second-order valence-electron chi connectivity index (χ2n) is 6.90. The Morgan fingerprint density at radius 2 is 2.07 bits per heavy atom. The van der Waals surface area contributed by atoms with Crippen molar-refractivity contribution in [3.05, 3.63) is 58.4 Å². The molecule has 0 spiro atoms. The number of hydrogen-bond donors (Lipinski definition) is 1. The van der Waals surface area contributed by atoms with Crippen LogP contribution in [0.25, 0.3) is 22.2 Å². The van der Waals surface area contributed by atoms with Gasteiger partial charge in [0, 0.05) is 29.6 Å². The van der Waals surface area contributed by atoms with Gasteiger partial charge in [-0.05, 0) is 43.0 Å². The fraction of sp³-hybridized carbons (Fsp3) is 0.286. The number of aliphatic carboxylic acids is 1. The van der Waals surface area contributed by atoms with Crippen LogP contribution in [0.4, 0.5) is 5.82 Å². The van der Waals surface area contributed by atoms with E-state index in [0.717, 1.165) is 41.5 Å². The van der Waals surface area contributed by atoms with Gasteiger partial charge >= 0.3 is 11.6 Å². The molecule has 0 bridgehead atoms. The van der Waals surface area contributed by atoms with Crippen LogP contribution < -0.4 is 10.5 Å². The van der Waals surface area contributed by atoms with Crippen molar-refractivity contribution in [2.45, 2.75) is 32.2 Å². The van der Waals surface area contributed by atoms with Crippen LogP contribution in [0.2, 0.25) is 0 Å². The lowest BCUT2D eigenvalue weighted by Gasteiger charge is -2.24. The second-order valence-corrected chi connectivity index (χ2v) is 6.90. The van der Waals surface area contributed by atoms with Gasteiger partial charge in [0.15, 0.2) is 0 Å². The Labute approximate surface area is 156 Å². The van der Waals surface area contributed by atoms with E-state index in [-0.39, 0.29) is 18.2 Å². The minimum Gasteiger partial charge on any atom is -0.481 e. The summed E-state index contributed by atoms with van der Waals surface area (Å²) in [4.78, 5) is 29.8. The first-order valence-corrected chi connectivity index (χ1v) is 9.02. The van der Waals surface area contributed by atoms with E-state index < -0.39 is 11.6 Å². The summed E-state index contributed by atoms with van der Waals surface area (Å²) in [6.07, 6.45) is 1.82. The van der Waals surface area contributed by atoms with Crippen molar-refractivity contribution < 1.29 is 14.3 Å². The van der Waals surface area contributed by atoms with E-state index in [0.29, 0.717) is 5.82 Å². The summed E-state index contributed by atoms with van der Waals surface area (Å²) in [5.74, 6) is -0.169. The zero-order valence-electron chi connectivity index (χ0n) is 15.0. The van der Waals surface area contributed by atoms with Crippen molar-refractivity contribution in [2.24, 2.45) is 0 Å². The molecule has 138 valence electrons. The molecule has 6 nitrogen and oxygen atoms in total. The second kappa shape index (κ2) is 6.87. The standard InChI is InChI=1S/C21H20N2O4/c1-13-5-2-3-7-15(13)17-12-20(26)27-21-16(17)8-9-18(22-21)23-10-4-6-14(23)11-19(24)25/h2-3,5,7-9,12,14H,4,6,10-11H2,1H3,(H,24,25). The van der Waals surface area contributed by atoms with Crippen molar-refractivity contribution >= 4 is 22.9 Å². The smallest absolute Gasteiger partial charge is 0.338 e. The number of anilines is 1. The van der Waals surface area contributed by atoms with E-state index >= 15 is 0 Å². The maximum Gasteiger partial charge on any atom is 0.338 e. The Bertz CT molecular complexity index is 1070. The SMILES string of the molecule is Cc1ccccc1-c1cc(=O)oc2nc(N3CCCC3CC(=O)O)ccc12. The maximum absolute atomic E-state index is 12.1. The molecule has 1 unspecified atom stereocenters. The van der Waals surface area contributed by atoms with Crippen molar-refractivity contribution in [3.63, 3.8) is 0 Å². The van der Waals surface area contributed by atoms with Crippen molar-refractivity contribution in [1.29, 1.82) is 0 Å². The van der Waals surface area contributed by atoms with E-state index in [9.17, 15) is 9.59 Å². The largest absolute Gasteiger partial charge is 0.481 e. The molecule has 1 atom stereocenters. The number of carbonyl (C=O) groups is 1. The third kappa shape index (κ3) is 3.30. The van der Waals surface area contributed by atoms with Crippen LogP contribution in [0, 0.1) is 6.92 Å². The Balaban J connectivity index is 1.81. The number of carboxylic acid groups (broad SMARTS) is 1. The third-order valence-electron chi connectivity index (χ3n) is 5.11. The average molecular weight is 364 g/mol. The molecule has 1 saturated heterocycles. The molecule has 1 aliphatic heterocycles. The zero-order chi connectivity index (χ0) is 19.0. The van der Waals surface area contributed by atoms with Crippen LogP contribution >= 0.6 is 0 Å². The highest BCUT2D eigenvalue weighted by Gasteiger charge is 2.28. The van der Waals surface area contributed by atoms with Crippen molar-refractivity contribution in [3.8, 4) is 11.1 Å². The van der Waals surface area contributed by atoms with Crippen LogP contribution in [0.3, 0.4) is 0 Å². The number of nitrogens with zero attached hydrogens (tertiary/aromatic N) is 2. The molecule has 0 aliphatic carbocycles. The molecular weight excluding hydrogens is 344 g/mol. The number of aryl methyl sites for hydroxylation is 1. The van der Waals surface area contributed by atoms with Gasteiger partial charge in [-0.25, -0.2) is 4.79 Å². The number of aromatic nitrogens is 1. The molecule has 27 heavy (non-hydrogen) atoms. The van der Waals surface area contributed by atoms with Gasteiger partial charge in [0.25, 0.3) is 0 Å². The molecule has 3 heterocycles. The van der Waals surface area contributed by atoms with Crippen molar-refractivity contribution in [2.75, 3.05) is 11.4 Å². The lowest BCUT2D eigenvalue weighted by atomic mass is 9.99. The molecule has 6 heteroatoms. The molecular formula is C21H20N2O4. The highest BCUT2D eigenvalue weighted by Crippen LogP contribution is 2.32. The van der Waals surface area contributed by atoms with Gasteiger partial charge in [-0.3, -0.25) is 4.79 Å². The van der Waals surface area contributed by atoms with Crippen LogP contribution in [-0.2, 0) is 4.79 Å². The van der Waals surface area contributed by atoms with Crippen LogP contribution in [-0.4, -0.2) is 28.6 Å². The molecule has 1 aliphatic rings. The highest BCUT2D eigenvalue weighted by molar-refractivity contribution is 5.93. The van der Waals surface area contributed by atoms with E-state index in [1.54, 1.807) is 0 Å². The Kier molecular flexibility index (Phi) is 4.39. The van der Waals surface area contributed by atoms with E-state index in [2.05, 4.69) is 4.98 Å². The third-order valence-corrected chi connectivity index (χ3v) is 5.11. The quantitative estimate of drug-likeness (QED) is 0.761. The van der Waals surface area contributed by atoms with E-state index in [1.807, 2.05) is 48.2 Å². The van der Waals surface area contributed by atoms with E-state index in [1.165, 1.54) is 6.07 Å². The number of fused-ring (bicyclic) bond motifs is 1. The molecule has 1 N–H and O–H groups in total. The van der Waals surface area contributed by atoms with Crippen LogP contribution in [0.15, 0.2) is 51.7 Å². The van der Waals surface area contributed by atoms with Crippen molar-refractivity contribution in [1.82, 2.24) is 4.98 Å². The number of benzene rings is 1. The lowest BCUT2D eigenvalue weighted by molar-refractivity contribution is -0.137. The minimum absolute atomic E-state index is 0.0763. The Morgan fingerprint density at radius 1 is 1.26 bits per heavy atom. The molecule has 0 amide bonds. The summed E-state index contributed by atoms with van der Waals surface area (Å²) in [6.45, 7) is 2.75. The summed E-state index contributed by atoms with van der Waals surface area (Å²) >= 11 is 0. The summed E-state index contributed by atoms with van der Waals surface area (Å²) in [7, 11) is 0. The van der Waals surface area contributed by atoms with Gasteiger partial charge < -0.3 is 14.4 Å². The molecule has 3 aromatic rings.